The minimum atomic E-state index is -0.445. The fraction of sp³-hybridized carbons (Fsp3) is 0.435. The fourth-order valence-corrected chi connectivity index (χ4v) is 3.57. The Morgan fingerprint density at radius 2 is 2.07 bits per heavy atom. The van der Waals surface area contributed by atoms with Crippen LogP contribution in [0.15, 0.2) is 35.4 Å². The van der Waals surface area contributed by atoms with Gasteiger partial charge in [-0.3, -0.25) is 4.79 Å². The maximum atomic E-state index is 11.9. The summed E-state index contributed by atoms with van der Waals surface area (Å²) < 4.78 is 6.20. The number of carbonyl (C=O) groups excluding carboxylic acids is 1. The molecule has 2 aliphatic heterocycles. The van der Waals surface area contributed by atoms with Crippen molar-refractivity contribution in [1.82, 2.24) is 5.32 Å². The summed E-state index contributed by atoms with van der Waals surface area (Å²) in [4.78, 5) is 11.9. The number of allylic oxidation sites excluding steroid dienone is 4. The van der Waals surface area contributed by atoms with Gasteiger partial charge in [0.15, 0.2) is 0 Å². The Kier molecular flexibility index (Phi) is 5.45. The van der Waals surface area contributed by atoms with E-state index in [0.717, 1.165) is 25.7 Å². The number of phenolic OH excluding ortho intramolecular Hbond substituents is 1. The molecule has 4 nitrogen and oxygen atoms in total. The zero-order chi connectivity index (χ0) is 19.6. The number of hydrogen-bond acceptors (Lipinski definition) is 3. The number of rotatable bonds is 6. The lowest BCUT2D eigenvalue weighted by molar-refractivity contribution is 0.0963. The topological polar surface area (TPSA) is 58.6 Å². The van der Waals surface area contributed by atoms with E-state index in [1.807, 2.05) is 19.1 Å². The highest BCUT2D eigenvalue weighted by Crippen LogP contribution is 2.42. The van der Waals surface area contributed by atoms with Gasteiger partial charge in [-0.2, -0.15) is 0 Å². The smallest absolute Gasteiger partial charge is 0.252 e. The van der Waals surface area contributed by atoms with Gasteiger partial charge < -0.3 is 15.2 Å². The molecule has 1 aromatic rings. The molecule has 27 heavy (non-hydrogen) atoms. The number of nitrogens with one attached hydrogen (secondary N) is 1. The van der Waals surface area contributed by atoms with E-state index in [4.69, 9.17) is 4.74 Å². The highest BCUT2D eigenvalue weighted by Gasteiger charge is 2.32. The molecule has 1 unspecified atom stereocenters. The zero-order valence-electron chi connectivity index (χ0n) is 16.7. The number of carbonyl (C=O) groups is 1. The van der Waals surface area contributed by atoms with Crippen molar-refractivity contribution in [2.75, 3.05) is 0 Å². The SMILES string of the molecule is CC(C)=CCC/C(C)=C\CCC1(C)C=Cc2c(cc3c(c2O)CNC3=O)O1. The molecule has 0 saturated heterocycles. The van der Waals surface area contributed by atoms with Gasteiger partial charge in [-0.05, 0) is 71.6 Å². The van der Waals surface area contributed by atoms with E-state index < -0.39 is 5.60 Å². The molecular formula is C23H29NO3. The zero-order valence-corrected chi connectivity index (χ0v) is 16.7. The van der Waals surface area contributed by atoms with Gasteiger partial charge in [0.25, 0.3) is 5.91 Å². The van der Waals surface area contributed by atoms with Crippen LogP contribution in [0.1, 0.15) is 74.9 Å². The highest BCUT2D eigenvalue weighted by molar-refractivity contribution is 6.00. The summed E-state index contributed by atoms with van der Waals surface area (Å²) in [5.74, 6) is 0.574. The van der Waals surface area contributed by atoms with E-state index in [0.29, 0.717) is 29.0 Å². The number of amides is 1. The molecule has 0 fully saturated rings. The van der Waals surface area contributed by atoms with Gasteiger partial charge in [-0.1, -0.05) is 23.3 Å². The van der Waals surface area contributed by atoms with Crippen LogP contribution in [0.4, 0.5) is 0 Å². The van der Waals surface area contributed by atoms with Gasteiger partial charge in [0.1, 0.15) is 17.1 Å². The Morgan fingerprint density at radius 3 is 2.81 bits per heavy atom. The third-order valence-electron chi connectivity index (χ3n) is 5.25. The molecule has 2 heterocycles. The Labute approximate surface area is 161 Å². The largest absolute Gasteiger partial charge is 0.507 e. The van der Waals surface area contributed by atoms with Crippen molar-refractivity contribution in [1.29, 1.82) is 0 Å². The van der Waals surface area contributed by atoms with Crippen LogP contribution in [-0.4, -0.2) is 16.6 Å². The van der Waals surface area contributed by atoms with Gasteiger partial charge in [0.2, 0.25) is 0 Å². The average Bonchev–Trinajstić information content (AvgIpc) is 2.95. The summed E-state index contributed by atoms with van der Waals surface area (Å²) >= 11 is 0. The van der Waals surface area contributed by atoms with Gasteiger partial charge in [-0.25, -0.2) is 0 Å². The molecule has 4 heteroatoms. The Bertz CT molecular complexity index is 844. The molecule has 0 aromatic heterocycles. The molecule has 1 atom stereocenters. The van der Waals surface area contributed by atoms with Crippen molar-refractivity contribution >= 4 is 12.0 Å². The van der Waals surface area contributed by atoms with Crippen molar-refractivity contribution in [3.8, 4) is 11.5 Å². The van der Waals surface area contributed by atoms with Crippen LogP contribution in [0.25, 0.3) is 6.08 Å². The first-order valence-electron chi connectivity index (χ1n) is 9.63. The first-order valence-corrected chi connectivity index (χ1v) is 9.63. The van der Waals surface area contributed by atoms with E-state index in [-0.39, 0.29) is 11.7 Å². The number of fused-ring (bicyclic) bond motifs is 2. The molecular weight excluding hydrogens is 338 g/mol. The average molecular weight is 367 g/mol. The molecule has 3 rings (SSSR count). The maximum Gasteiger partial charge on any atom is 0.252 e. The summed E-state index contributed by atoms with van der Waals surface area (Å²) in [5.41, 5.74) is 4.14. The van der Waals surface area contributed by atoms with E-state index >= 15 is 0 Å². The third-order valence-corrected chi connectivity index (χ3v) is 5.25. The van der Waals surface area contributed by atoms with E-state index in [1.165, 1.54) is 11.1 Å². The molecule has 0 radical (unpaired) electrons. The second-order valence-electron chi connectivity index (χ2n) is 8.00. The molecule has 0 saturated carbocycles. The van der Waals surface area contributed by atoms with Crippen molar-refractivity contribution in [2.45, 2.75) is 65.5 Å². The summed E-state index contributed by atoms with van der Waals surface area (Å²) in [7, 11) is 0. The third kappa shape index (κ3) is 4.26. The van der Waals surface area contributed by atoms with Gasteiger partial charge in [0.05, 0.1) is 11.1 Å². The van der Waals surface area contributed by atoms with Crippen molar-refractivity contribution < 1.29 is 14.6 Å². The van der Waals surface area contributed by atoms with E-state index in [1.54, 1.807) is 6.07 Å². The van der Waals surface area contributed by atoms with Gasteiger partial charge in [0, 0.05) is 12.1 Å². The molecule has 144 valence electrons. The number of hydrogen-bond donors (Lipinski definition) is 2. The molecule has 2 N–H and O–H groups in total. The first kappa shape index (κ1) is 19.3. The highest BCUT2D eigenvalue weighted by atomic mass is 16.5. The second kappa shape index (κ2) is 7.63. The maximum absolute atomic E-state index is 11.9. The normalized spacial score (nSPS) is 20.6. The van der Waals surface area contributed by atoms with Crippen LogP contribution in [0, 0.1) is 0 Å². The summed E-state index contributed by atoms with van der Waals surface area (Å²) in [5, 5.41) is 13.2. The van der Waals surface area contributed by atoms with Crippen LogP contribution < -0.4 is 10.1 Å². The van der Waals surface area contributed by atoms with Crippen molar-refractivity contribution in [2.24, 2.45) is 0 Å². The van der Waals surface area contributed by atoms with Crippen LogP contribution in [-0.2, 0) is 6.54 Å². The fourth-order valence-electron chi connectivity index (χ4n) is 3.57. The summed E-state index contributed by atoms with van der Waals surface area (Å²) in [6.07, 6.45) is 12.4. The minimum absolute atomic E-state index is 0.147. The van der Waals surface area contributed by atoms with Crippen LogP contribution >= 0.6 is 0 Å². The number of aromatic hydroxyl groups is 1. The molecule has 0 spiro atoms. The number of ether oxygens (including phenoxy) is 1. The lowest BCUT2D eigenvalue weighted by Gasteiger charge is -2.32. The molecule has 0 aliphatic carbocycles. The van der Waals surface area contributed by atoms with Crippen LogP contribution in [0.5, 0.6) is 11.5 Å². The Morgan fingerprint density at radius 1 is 1.30 bits per heavy atom. The lowest BCUT2D eigenvalue weighted by Crippen LogP contribution is -2.31. The molecule has 1 aromatic carbocycles. The Balaban J connectivity index is 1.67. The van der Waals surface area contributed by atoms with E-state index in [9.17, 15) is 9.90 Å². The summed E-state index contributed by atoms with van der Waals surface area (Å²) in [6, 6.07) is 1.76. The van der Waals surface area contributed by atoms with Crippen LogP contribution in [0.3, 0.4) is 0 Å². The second-order valence-corrected chi connectivity index (χ2v) is 8.00. The van der Waals surface area contributed by atoms with Crippen molar-refractivity contribution in [3.63, 3.8) is 0 Å². The molecule has 0 bridgehead atoms. The number of benzene rings is 1. The van der Waals surface area contributed by atoms with Crippen LogP contribution in [0.2, 0.25) is 0 Å². The lowest BCUT2D eigenvalue weighted by atomic mass is 9.92. The predicted octanol–water partition coefficient (Wildman–Crippen LogP) is 5.27. The molecule has 2 aliphatic rings. The quantitative estimate of drug-likeness (QED) is 0.673. The first-order chi connectivity index (χ1) is 12.8. The minimum Gasteiger partial charge on any atom is -0.507 e. The monoisotopic (exact) mass is 367 g/mol. The van der Waals surface area contributed by atoms with Gasteiger partial charge in [-0.15, -0.1) is 0 Å². The van der Waals surface area contributed by atoms with Gasteiger partial charge >= 0.3 is 0 Å². The van der Waals surface area contributed by atoms with E-state index in [2.05, 4.69) is 38.2 Å². The number of phenols is 1. The molecule has 1 amide bonds. The van der Waals surface area contributed by atoms with Crippen molar-refractivity contribution in [3.05, 3.63) is 52.1 Å². The summed E-state index contributed by atoms with van der Waals surface area (Å²) in [6.45, 7) is 8.84. The standard InChI is InChI=1S/C23H29NO3/c1-15(2)7-5-8-16(3)9-6-11-23(4)12-10-17-20(27-23)13-18-19(21(17)25)14-24-22(18)26/h7,9-10,12-13,25H,5-6,8,11,14H2,1-4H3,(H,24,26)/b16-9-. The predicted molar refractivity (Wildman–Crippen MR) is 109 cm³/mol. The Hall–Kier alpha value is -2.49.